The summed E-state index contributed by atoms with van der Waals surface area (Å²) in [5.74, 6) is -1.03. The monoisotopic (exact) mass is 570 g/mol. The molecule has 0 aromatic heterocycles. The topological polar surface area (TPSA) is 90.2 Å². The lowest BCUT2D eigenvalue weighted by molar-refractivity contribution is -0.258. The maximum Gasteiger partial charge on any atom is 0.199 e. The fourth-order valence-corrected chi connectivity index (χ4v) is 11.2. The largest absolute Gasteiger partial charge is 0.396 e. The van der Waals surface area contributed by atoms with E-state index in [2.05, 4.69) is 74.1 Å². The molecule has 5 rings (SSSR count). The van der Waals surface area contributed by atoms with Gasteiger partial charge in [-0.15, -0.1) is 0 Å². The van der Waals surface area contributed by atoms with Crippen LogP contribution in [0.15, 0.2) is 35.5 Å². The highest BCUT2D eigenvalue weighted by atomic mass is 16.7. The molecule has 0 aromatic rings. The number of allylic oxidation sites excluding steroid dienone is 3. The van der Waals surface area contributed by atoms with Gasteiger partial charge in [0.2, 0.25) is 0 Å². The summed E-state index contributed by atoms with van der Waals surface area (Å²) in [5.41, 5.74) is 3.30. The third-order valence-electron chi connectivity index (χ3n) is 14.3. The number of fused-ring (bicyclic) bond motifs is 3. The maximum atomic E-state index is 12.0. The van der Waals surface area contributed by atoms with E-state index >= 15 is 0 Å². The number of rotatable bonds is 5. The van der Waals surface area contributed by atoms with Gasteiger partial charge in [0.1, 0.15) is 6.10 Å². The first-order valence-electron chi connectivity index (χ1n) is 16.4. The van der Waals surface area contributed by atoms with Gasteiger partial charge in [0.15, 0.2) is 5.79 Å². The van der Waals surface area contributed by atoms with Gasteiger partial charge in [0.05, 0.1) is 12.2 Å². The molecule has 14 unspecified atom stereocenters. The van der Waals surface area contributed by atoms with Crippen molar-refractivity contribution < 1.29 is 25.2 Å². The van der Waals surface area contributed by atoms with E-state index in [1.807, 2.05) is 6.92 Å². The van der Waals surface area contributed by atoms with Gasteiger partial charge in [-0.3, -0.25) is 0 Å². The summed E-state index contributed by atoms with van der Waals surface area (Å²) in [4.78, 5) is 0. The van der Waals surface area contributed by atoms with Gasteiger partial charge >= 0.3 is 0 Å². The van der Waals surface area contributed by atoms with E-state index < -0.39 is 11.9 Å². The van der Waals surface area contributed by atoms with E-state index in [1.54, 1.807) is 0 Å². The molecule has 0 amide bonds. The fourth-order valence-electron chi connectivity index (χ4n) is 11.2. The molecule has 3 saturated carbocycles. The van der Waals surface area contributed by atoms with Crippen LogP contribution in [0.25, 0.3) is 0 Å². The van der Waals surface area contributed by atoms with Crippen LogP contribution in [0.1, 0.15) is 101 Å². The Morgan fingerprint density at radius 3 is 2.46 bits per heavy atom. The van der Waals surface area contributed by atoms with Crippen molar-refractivity contribution >= 4 is 0 Å². The number of ether oxygens (including phenoxy) is 1. The first kappa shape index (κ1) is 31.4. The SMILES string of the molecule is C=C(C(C)CO)C(O)C1(O)OC2CC3(C)CC(CC)CC4C(C)C(O)C=C(C)C45CC5(C)C(=CC)CC3(C)C2C1C. The first-order valence-corrected chi connectivity index (χ1v) is 16.4. The van der Waals surface area contributed by atoms with Gasteiger partial charge in [-0.25, -0.2) is 0 Å². The Balaban J connectivity index is 1.59. The average molecular weight is 571 g/mol. The minimum atomic E-state index is -1.72. The number of hydrogen-bond donors (Lipinski definition) is 4. The van der Waals surface area contributed by atoms with Crippen LogP contribution in [0.3, 0.4) is 0 Å². The molecular weight excluding hydrogens is 512 g/mol. The van der Waals surface area contributed by atoms with Crippen LogP contribution in [-0.4, -0.2) is 51.1 Å². The molecule has 5 heteroatoms. The molecule has 4 fully saturated rings. The summed E-state index contributed by atoms with van der Waals surface area (Å²) in [5, 5.41) is 44.1. The minimum absolute atomic E-state index is 0.000133. The van der Waals surface area contributed by atoms with Gasteiger partial charge in [0.25, 0.3) is 0 Å². The molecule has 5 nitrogen and oxygen atoms in total. The molecule has 14 atom stereocenters. The molecule has 1 heterocycles. The Morgan fingerprint density at radius 2 is 1.88 bits per heavy atom. The molecule has 4 N–H and O–H groups in total. The van der Waals surface area contributed by atoms with E-state index in [0.29, 0.717) is 17.4 Å². The van der Waals surface area contributed by atoms with E-state index in [1.165, 1.54) is 11.1 Å². The molecule has 1 spiro atoms. The van der Waals surface area contributed by atoms with Crippen molar-refractivity contribution in [2.24, 2.45) is 57.2 Å². The zero-order valence-electron chi connectivity index (χ0n) is 27.2. The Hall–Kier alpha value is -0.980. The normalized spacial score (nSPS) is 53.4. The summed E-state index contributed by atoms with van der Waals surface area (Å²) >= 11 is 0. The number of hydrogen-bond acceptors (Lipinski definition) is 5. The molecule has 41 heavy (non-hydrogen) atoms. The highest BCUT2D eigenvalue weighted by Gasteiger charge is 2.75. The standard InChI is InChI=1S/C36H58O5/c1-11-25-14-27-23(6)28(38)13-21(4)35(27)19-34(35,10)26(12-2)16-33(9)30-24(7)36(40,31(39)22(5)20(3)18-37)41-29(30)17-32(33,8)15-25/h12-13,20,23-25,27-31,37-40H,5,11,14-19H2,1-4,6-10H3. The van der Waals surface area contributed by atoms with Crippen LogP contribution < -0.4 is 0 Å². The second kappa shape index (κ2) is 10.0. The lowest BCUT2D eigenvalue weighted by atomic mass is 9.52. The molecule has 0 aromatic carbocycles. The molecule has 4 aliphatic carbocycles. The van der Waals surface area contributed by atoms with Gasteiger partial charge < -0.3 is 25.2 Å². The van der Waals surface area contributed by atoms with Crippen LogP contribution >= 0.6 is 0 Å². The first-order chi connectivity index (χ1) is 19.0. The number of aliphatic hydroxyl groups excluding tert-OH is 3. The summed E-state index contributed by atoms with van der Waals surface area (Å²) in [6, 6.07) is 0. The Kier molecular flexibility index (Phi) is 7.69. The van der Waals surface area contributed by atoms with Crippen molar-refractivity contribution in [3.63, 3.8) is 0 Å². The van der Waals surface area contributed by atoms with Crippen LogP contribution in [-0.2, 0) is 4.74 Å². The Labute approximate surface area is 249 Å². The van der Waals surface area contributed by atoms with Gasteiger partial charge in [-0.2, -0.15) is 0 Å². The van der Waals surface area contributed by atoms with Gasteiger partial charge in [-0.05, 0) is 91.4 Å². The smallest absolute Gasteiger partial charge is 0.199 e. The lowest BCUT2D eigenvalue weighted by Gasteiger charge is -2.52. The summed E-state index contributed by atoms with van der Waals surface area (Å²) in [7, 11) is 0. The quantitative estimate of drug-likeness (QED) is 0.287. The molecule has 0 radical (unpaired) electrons. The van der Waals surface area contributed by atoms with Crippen molar-refractivity contribution in [2.75, 3.05) is 6.61 Å². The van der Waals surface area contributed by atoms with E-state index in [-0.39, 0.29) is 64.1 Å². The van der Waals surface area contributed by atoms with Crippen molar-refractivity contribution in [3.8, 4) is 0 Å². The zero-order chi connectivity index (χ0) is 30.5. The van der Waals surface area contributed by atoms with Crippen LogP contribution in [0.5, 0.6) is 0 Å². The van der Waals surface area contributed by atoms with E-state index in [0.717, 1.165) is 38.5 Å². The highest BCUT2D eigenvalue weighted by molar-refractivity contribution is 5.43. The third kappa shape index (κ3) is 4.04. The predicted octanol–water partition coefficient (Wildman–Crippen LogP) is 6.41. The number of aliphatic hydroxyl groups is 4. The summed E-state index contributed by atoms with van der Waals surface area (Å²) in [6.07, 6.45) is 9.02. The van der Waals surface area contributed by atoms with Crippen molar-refractivity contribution in [2.45, 2.75) is 125 Å². The van der Waals surface area contributed by atoms with Crippen LogP contribution in [0.4, 0.5) is 0 Å². The molecule has 0 bridgehead atoms. The molecular formula is C36H58O5. The Bertz CT molecular complexity index is 1130. The molecule has 1 aliphatic heterocycles. The van der Waals surface area contributed by atoms with Gasteiger partial charge in [0, 0.05) is 23.9 Å². The fraction of sp³-hybridized carbons (Fsp3) is 0.833. The van der Waals surface area contributed by atoms with Crippen molar-refractivity contribution in [1.29, 1.82) is 0 Å². The third-order valence-corrected chi connectivity index (χ3v) is 14.3. The highest BCUT2D eigenvalue weighted by Crippen LogP contribution is 2.80. The lowest BCUT2D eigenvalue weighted by Crippen LogP contribution is -2.52. The van der Waals surface area contributed by atoms with E-state index in [9.17, 15) is 20.4 Å². The summed E-state index contributed by atoms with van der Waals surface area (Å²) < 4.78 is 6.57. The van der Waals surface area contributed by atoms with Crippen molar-refractivity contribution in [1.82, 2.24) is 0 Å². The second-order valence-electron chi connectivity index (χ2n) is 16.0. The second-order valence-corrected chi connectivity index (χ2v) is 16.0. The van der Waals surface area contributed by atoms with Crippen LogP contribution in [0, 0.1) is 57.2 Å². The summed E-state index contributed by atoms with van der Waals surface area (Å²) in [6.45, 7) is 24.2. The average Bonchev–Trinajstić information content (AvgIpc) is 3.40. The molecule has 5 aliphatic rings. The Morgan fingerprint density at radius 1 is 1.22 bits per heavy atom. The van der Waals surface area contributed by atoms with Crippen molar-refractivity contribution in [3.05, 3.63) is 35.5 Å². The molecule has 1 saturated heterocycles. The minimum Gasteiger partial charge on any atom is -0.396 e. The van der Waals surface area contributed by atoms with E-state index in [4.69, 9.17) is 4.74 Å². The predicted molar refractivity (Wildman–Crippen MR) is 164 cm³/mol. The zero-order valence-corrected chi connectivity index (χ0v) is 27.2. The molecule has 232 valence electrons. The van der Waals surface area contributed by atoms with Gasteiger partial charge in [-0.1, -0.05) is 84.8 Å². The maximum absolute atomic E-state index is 12.0. The van der Waals surface area contributed by atoms with Crippen LogP contribution in [0.2, 0.25) is 0 Å².